The third kappa shape index (κ3) is 1.75. The maximum atomic E-state index is 6.40. The molecule has 1 aliphatic heterocycles. The number of ether oxygens (including phenoxy) is 1. The molecule has 2 fully saturated rings. The fourth-order valence-electron chi connectivity index (χ4n) is 3.29. The summed E-state index contributed by atoms with van der Waals surface area (Å²) in [6.45, 7) is 6.48. The van der Waals surface area contributed by atoms with E-state index in [-0.39, 0.29) is 5.54 Å². The highest BCUT2D eigenvalue weighted by Crippen LogP contribution is 2.51. The van der Waals surface area contributed by atoms with Crippen LogP contribution in [0.15, 0.2) is 0 Å². The van der Waals surface area contributed by atoms with E-state index in [1.54, 1.807) is 0 Å². The minimum atomic E-state index is 0.146. The lowest BCUT2D eigenvalue weighted by Gasteiger charge is -2.55. The van der Waals surface area contributed by atoms with Crippen LogP contribution < -0.4 is 5.73 Å². The fourth-order valence-corrected chi connectivity index (χ4v) is 3.29. The van der Waals surface area contributed by atoms with Crippen molar-refractivity contribution in [2.45, 2.75) is 45.1 Å². The Bertz CT molecular complexity index is 186. The Labute approximate surface area is 80.8 Å². The second-order valence-electron chi connectivity index (χ2n) is 5.64. The molecular formula is C11H21NO. The summed E-state index contributed by atoms with van der Waals surface area (Å²) < 4.78 is 5.36. The van der Waals surface area contributed by atoms with Crippen molar-refractivity contribution in [1.29, 1.82) is 0 Å². The van der Waals surface area contributed by atoms with Gasteiger partial charge in [-0.15, -0.1) is 0 Å². The number of nitrogens with two attached hydrogens (primary N) is 1. The van der Waals surface area contributed by atoms with Crippen LogP contribution in [0.25, 0.3) is 0 Å². The Kier molecular flexibility index (Phi) is 2.16. The summed E-state index contributed by atoms with van der Waals surface area (Å²) in [7, 11) is 0. The van der Waals surface area contributed by atoms with E-state index < -0.39 is 0 Å². The zero-order valence-corrected chi connectivity index (χ0v) is 8.81. The summed E-state index contributed by atoms with van der Waals surface area (Å²) in [5, 5.41) is 0. The van der Waals surface area contributed by atoms with Crippen LogP contribution in [0.3, 0.4) is 0 Å². The van der Waals surface area contributed by atoms with Crippen molar-refractivity contribution in [2.24, 2.45) is 17.1 Å². The van der Waals surface area contributed by atoms with Crippen LogP contribution in [0.2, 0.25) is 0 Å². The summed E-state index contributed by atoms with van der Waals surface area (Å²) in [5.41, 5.74) is 7.04. The van der Waals surface area contributed by atoms with Gasteiger partial charge in [0, 0.05) is 18.8 Å². The molecule has 2 N–H and O–H groups in total. The van der Waals surface area contributed by atoms with Gasteiger partial charge in [0.15, 0.2) is 0 Å². The highest BCUT2D eigenvalue weighted by molar-refractivity contribution is 5.07. The van der Waals surface area contributed by atoms with E-state index in [0.717, 1.165) is 13.2 Å². The predicted octanol–water partition coefficient (Wildman–Crippen LogP) is 1.93. The van der Waals surface area contributed by atoms with Gasteiger partial charge in [-0.3, -0.25) is 0 Å². The van der Waals surface area contributed by atoms with E-state index in [2.05, 4.69) is 13.8 Å². The van der Waals surface area contributed by atoms with Gasteiger partial charge in [0.2, 0.25) is 0 Å². The summed E-state index contributed by atoms with van der Waals surface area (Å²) in [6, 6.07) is 0. The van der Waals surface area contributed by atoms with Crippen molar-refractivity contribution in [3.63, 3.8) is 0 Å². The zero-order chi connectivity index (χ0) is 9.53. The Morgan fingerprint density at radius 3 is 2.15 bits per heavy atom. The van der Waals surface area contributed by atoms with E-state index >= 15 is 0 Å². The van der Waals surface area contributed by atoms with Crippen molar-refractivity contribution < 1.29 is 4.74 Å². The Hall–Kier alpha value is -0.0800. The molecule has 2 rings (SSSR count). The lowest BCUT2D eigenvalue weighted by atomic mass is 9.54. The van der Waals surface area contributed by atoms with Crippen LogP contribution in [-0.4, -0.2) is 18.8 Å². The van der Waals surface area contributed by atoms with Crippen LogP contribution in [0.5, 0.6) is 0 Å². The average Bonchev–Trinajstić information content (AvgIpc) is 2.02. The van der Waals surface area contributed by atoms with Crippen LogP contribution in [0.4, 0.5) is 0 Å². The second-order valence-corrected chi connectivity index (χ2v) is 5.64. The Morgan fingerprint density at radius 2 is 1.69 bits per heavy atom. The molecule has 1 aliphatic carbocycles. The van der Waals surface area contributed by atoms with Gasteiger partial charge in [0.25, 0.3) is 0 Å². The van der Waals surface area contributed by atoms with E-state index in [4.69, 9.17) is 10.5 Å². The SMILES string of the molecule is CC1(C)CC(N)(C2CCOCC2)C1. The predicted molar refractivity (Wildman–Crippen MR) is 53.5 cm³/mol. The molecule has 2 aliphatic rings. The molecule has 0 spiro atoms. The van der Waals surface area contributed by atoms with Crippen molar-refractivity contribution in [3.05, 3.63) is 0 Å². The maximum absolute atomic E-state index is 6.40. The molecule has 0 unspecified atom stereocenters. The molecule has 0 aromatic rings. The monoisotopic (exact) mass is 183 g/mol. The van der Waals surface area contributed by atoms with Crippen molar-refractivity contribution in [3.8, 4) is 0 Å². The summed E-state index contributed by atoms with van der Waals surface area (Å²) >= 11 is 0. The van der Waals surface area contributed by atoms with Gasteiger partial charge in [-0.05, 0) is 37.0 Å². The zero-order valence-electron chi connectivity index (χ0n) is 8.81. The van der Waals surface area contributed by atoms with E-state index in [1.807, 2.05) is 0 Å². The molecular weight excluding hydrogens is 162 g/mol. The van der Waals surface area contributed by atoms with Gasteiger partial charge in [-0.2, -0.15) is 0 Å². The minimum Gasteiger partial charge on any atom is -0.381 e. The van der Waals surface area contributed by atoms with Crippen molar-refractivity contribution in [1.82, 2.24) is 0 Å². The first-order valence-corrected chi connectivity index (χ1v) is 5.39. The molecule has 0 radical (unpaired) electrons. The van der Waals surface area contributed by atoms with E-state index in [0.29, 0.717) is 11.3 Å². The fraction of sp³-hybridized carbons (Fsp3) is 1.00. The third-order valence-corrected chi connectivity index (χ3v) is 3.65. The van der Waals surface area contributed by atoms with Crippen molar-refractivity contribution in [2.75, 3.05) is 13.2 Å². The molecule has 2 heteroatoms. The second kappa shape index (κ2) is 2.96. The van der Waals surface area contributed by atoms with Crippen molar-refractivity contribution >= 4 is 0 Å². The molecule has 0 aromatic heterocycles. The van der Waals surface area contributed by atoms with E-state index in [1.165, 1.54) is 25.7 Å². The maximum Gasteiger partial charge on any atom is 0.0469 e. The normalized spacial score (nSPS) is 32.5. The van der Waals surface area contributed by atoms with Crippen LogP contribution in [0, 0.1) is 11.3 Å². The third-order valence-electron chi connectivity index (χ3n) is 3.65. The molecule has 0 amide bonds. The molecule has 0 aromatic carbocycles. The van der Waals surface area contributed by atoms with Crippen LogP contribution in [-0.2, 0) is 4.74 Å². The van der Waals surface area contributed by atoms with Gasteiger partial charge < -0.3 is 10.5 Å². The standard InChI is InChI=1S/C11H21NO/c1-10(2)7-11(12,8-10)9-3-5-13-6-4-9/h9H,3-8,12H2,1-2H3. The quantitative estimate of drug-likeness (QED) is 0.674. The molecule has 76 valence electrons. The highest BCUT2D eigenvalue weighted by atomic mass is 16.5. The first-order chi connectivity index (χ1) is 6.02. The Balaban J connectivity index is 1.93. The lowest BCUT2D eigenvalue weighted by Crippen LogP contribution is -2.61. The average molecular weight is 183 g/mol. The van der Waals surface area contributed by atoms with Gasteiger partial charge in [-0.25, -0.2) is 0 Å². The van der Waals surface area contributed by atoms with Crippen LogP contribution in [0.1, 0.15) is 39.5 Å². The largest absolute Gasteiger partial charge is 0.381 e. The molecule has 1 heterocycles. The minimum absolute atomic E-state index is 0.146. The molecule has 1 saturated carbocycles. The molecule has 1 saturated heterocycles. The van der Waals surface area contributed by atoms with Gasteiger partial charge >= 0.3 is 0 Å². The molecule has 2 nitrogen and oxygen atoms in total. The van der Waals surface area contributed by atoms with Gasteiger partial charge in [-0.1, -0.05) is 13.8 Å². The summed E-state index contributed by atoms with van der Waals surface area (Å²) in [6.07, 6.45) is 4.74. The topological polar surface area (TPSA) is 35.2 Å². The molecule has 0 atom stereocenters. The first kappa shape index (κ1) is 9.47. The Morgan fingerprint density at radius 1 is 1.15 bits per heavy atom. The van der Waals surface area contributed by atoms with E-state index in [9.17, 15) is 0 Å². The first-order valence-electron chi connectivity index (χ1n) is 5.39. The number of hydrogen-bond donors (Lipinski definition) is 1. The molecule has 0 bridgehead atoms. The van der Waals surface area contributed by atoms with Crippen LogP contribution >= 0.6 is 0 Å². The summed E-state index contributed by atoms with van der Waals surface area (Å²) in [5.74, 6) is 0.717. The number of hydrogen-bond acceptors (Lipinski definition) is 2. The summed E-state index contributed by atoms with van der Waals surface area (Å²) in [4.78, 5) is 0. The number of rotatable bonds is 1. The smallest absolute Gasteiger partial charge is 0.0469 e. The highest BCUT2D eigenvalue weighted by Gasteiger charge is 2.50. The molecule has 13 heavy (non-hydrogen) atoms. The lowest BCUT2D eigenvalue weighted by molar-refractivity contribution is -0.0350. The van der Waals surface area contributed by atoms with Gasteiger partial charge in [0.1, 0.15) is 0 Å². The van der Waals surface area contributed by atoms with Gasteiger partial charge in [0.05, 0.1) is 0 Å².